The summed E-state index contributed by atoms with van der Waals surface area (Å²) in [6, 6.07) is 5.52. The summed E-state index contributed by atoms with van der Waals surface area (Å²) in [7, 11) is 1.38. The van der Waals surface area contributed by atoms with Crippen molar-refractivity contribution in [2.45, 2.75) is 6.10 Å². The molecule has 3 rings (SSSR count). The molecule has 1 unspecified atom stereocenters. The van der Waals surface area contributed by atoms with Crippen molar-refractivity contribution in [3.8, 4) is 0 Å². The number of nitrogens with one attached hydrogen (secondary N) is 2. The van der Waals surface area contributed by atoms with Crippen LogP contribution in [0.25, 0.3) is 10.9 Å². The van der Waals surface area contributed by atoms with Gasteiger partial charge in [0.2, 0.25) is 0 Å². The summed E-state index contributed by atoms with van der Waals surface area (Å²) < 4.78 is 10.5. The molecule has 5 nitrogen and oxygen atoms in total. The van der Waals surface area contributed by atoms with E-state index in [0.717, 1.165) is 36.2 Å². The van der Waals surface area contributed by atoms with E-state index in [1.54, 1.807) is 12.1 Å². The summed E-state index contributed by atoms with van der Waals surface area (Å²) in [4.78, 5) is 14.7. The number of rotatable bonds is 2. The van der Waals surface area contributed by atoms with E-state index in [1.165, 1.54) is 7.11 Å². The Hall–Kier alpha value is -1.85. The lowest BCUT2D eigenvalue weighted by Crippen LogP contribution is -2.33. The second-order valence-electron chi connectivity index (χ2n) is 4.56. The van der Waals surface area contributed by atoms with E-state index < -0.39 is 0 Å². The van der Waals surface area contributed by atoms with Crippen molar-refractivity contribution in [1.29, 1.82) is 0 Å². The number of fused-ring (bicyclic) bond motifs is 1. The van der Waals surface area contributed by atoms with Crippen molar-refractivity contribution in [3.63, 3.8) is 0 Å². The van der Waals surface area contributed by atoms with Gasteiger partial charge in [-0.15, -0.1) is 0 Å². The number of H-pyrrole nitrogens is 1. The van der Waals surface area contributed by atoms with Gasteiger partial charge in [-0.1, -0.05) is 6.07 Å². The van der Waals surface area contributed by atoms with Gasteiger partial charge >= 0.3 is 5.97 Å². The lowest BCUT2D eigenvalue weighted by molar-refractivity contribution is 0.0286. The SMILES string of the molecule is COC(=O)c1ccc2c(C3CNCCO3)c[nH]c2c1. The molecule has 0 spiro atoms. The Morgan fingerprint density at radius 2 is 2.37 bits per heavy atom. The van der Waals surface area contributed by atoms with Crippen LogP contribution in [-0.2, 0) is 9.47 Å². The standard InChI is InChI=1S/C14H16N2O3/c1-18-14(17)9-2-3-10-11(7-16-12(10)6-9)13-8-15-4-5-19-13/h2-3,6-7,13,15-16H,4-5,8H2,1H3. The molecule has 2 aromatic rings. The number of hydrogen-bond donors (Lipinski definition) is 2. The van der Waals surface area contributed by atoms with Crippen LogP contribution >= 0.6 is 0 Å². The van der Waals surface area contributed by atoms with E-state index in [9.17, 15) is 4.79 Å². The summed E-state index contributed by atoms with van der Waals surface area (Å²) in [6.07, 6.45) is 2.01. The second-order valence-corrected chi connectivity index (χ2v) is 4.56. The first-order chi connectivity index (χ1) is 9.29. The van der Waals surface area contributed by atoms with Gasteiger partial charge in [0.05, 0.1) is 25.4 Å². The van der Waals surface area contributed by atoms with Crippen molar-refractivity contribution in [3.05, 3.63) is 35.5 Å². The quantitative estimate of drug-likeness (QED) is 0.805. The fraction of sp³-hybridized carbons (Fsp3) is 0.357. The Morgan fingerprint density at radius 3 is 3.11 bits per heavy atom. The molecule has 0 bridgehead atoms. The van der Waals surface area contributed by atoms with Crippen molar-refractivity contribution in [1.82, 2.24) is 10.3 Å². The molecule has 19 heavy (non-hydrogen) atoms. The number of aromatic nitrogens is 1. The predicted octanol–water partition coefficient (Wildman–Crippen LogP) is 1.62. The summed E-state index contributed by atoms with van der Waals surface area (Å²) >= 11 is 0. The maximum atomic E-state index is 11.5. The fourth-order valence-electron chi connectivity index (χ4n) is 2.43. The van der Waals surface area contributed by atoms with Gasteiger partial charge in [-0.25, -0.2) is 4.79 Å². The van der Waals surface area contributed by atoms with Crippen molar-refractivity contribution >= 4 is 16.9 Å². The number of morpholine rings is 1. The van der Waals surface area contributed by atoms with Crippen LogP contribution in [0, 0.1) is 0 Å². The van der Waals surface area contributed by atoms with Crippen LogP contribution in [0.2, 0.25) is 0 Å². The third kappa shape index (κ3) is 2.22. The topological polar surface area (TPSA) is 63.4 Å². The first kappa shape index (κ1) is 12.2. The van der Waals surface area contributed by atoms with Crippen LogP contribution in [0.1, 0.15) is 22.0 Å². The first-order valence-electron chi connectivity index (χ1n) is 6.31. The Bertz CT molecular complexity index is 600. The molecule has 5 heteroatoms. The molecule has 0 saturated carbocycles. The van der Waals surface area contributed by atoms with Gasteiger partial charge < -0.3 is 19.8 Å². The minimum absolute atomic E-state index is 0.0616. The van der Waals surface area contributed by atoms with Crippen LogP contribution in [0.15, 0.2) is 24.4 Å². The number of methoxy groups -OCH3 is 1. The van der Waals surface area contributed by atoms with Crippen LogP contribution in [0.5, 0.6) is 0 Å². The van der Waals surface area contributed by atoms with E-state index in [4.69, 9.17) is 9.47 Å². The molecule has 2 heterocycles. The van der Waals surface area contributed by atoms with Gasteiger partial charge in [0, 0.05) is 35.8 Å². The molecular weight excluding hydrogens is 244 g/mol. The van der Waals surface area contributed by atoms with Crippen molar-refractivity contribution in [2.75, 3.05) is 26.8 Å². The Kier molecular flexibility index (Phi) is 3.23. The monoisotopic (exact) mass is 260 g/mol. The number of carbonyl (C=O) groups is 1. The van der Waals surface area contributed by atoms with Crippen molar-refractivity contribution < 1.29 is 14.3 Å². The number of carbonyl (C=O) groups excluding carboxylic acids is 1. The number of esters is 1. The molecular formula is C14H16N2O3. The summed E-state index contributed by atoms with van der Waals surface area (Å²) in [6.45, 7) is 2.43. The molecule has 1 saturated heterocycles. The minimum atomic E-state index is -0.325. The van der Waals surface area contributed by atoms with Gasteiger partial charge in [0.15, 0.2) is 0 Å². The molecule has 1 atom stereocenters. The largest absolute Gasteiger partial charge is 0.465 e. The lowest BCUT2D eigenvalue weighted by atomic mass is 10.1. The molecule has 0 aliphatic carbocycles. The predicted molar refractivity (Wildman–Crippen MR) is 71.2 cm³/mol. The van der Waals surface area contributed by atoms with E-state index >= 15 is 0 Å². The normalized spacial score (nSPS) is 19.5. The Labute approximate surface area is 110 Å². The maximum absolute atomic E-state index is 11.5. The molecule has 0 radical (unpaired) electrons. The zero-order valence-corrected chi connectivity index (χ0v) is 10.7. The highest BCUT2D eigenvalue weighted by molar-refractivity contribution is 5.95. The number of benzene rings is 1. The van der Waals surface area contributed by atoms with E-state index in [1.807, 2.05) is 12.3 Å². The smallest absolute Gasteiger partial charge is 0.337 e. The van der Waals surface area contributed by atoms with Crippen LogP contribution in [0.4, 0.5) is 0 Å². The molecule has 100 valence electrons. The highest BCUT2D eigenvalue weighted by Gasteiger charge is 2.19. The third-order valence-corrected chi connectivity index (χ3v) is 3.41. The molecule has 1 fully saturated rings. The van der Waals surface area contributed by atoms with E-state index in [0.29, 0.717) is 5.56 Å². The highest BCUT2D eigenvalue weighted by atomic mass is 16.5. The van der Waals surface area contributed by atoms with Crippen LogP contribution in [-0.4, -0.2) is 37.8 Å². The molecule has 0 amide bonds. The fourth-order valence-corrected chi connectivity index (χ4v) is 2.43. The van der Waals surface area contributed by atoms with Gasteiger partial charge in [-0.2, -0.15) is 0 Å². The average Bonchev–Trinajstić information content (AvgIpc) is 2.90. The van der Waals surface area contributed by atoms with Crippen LogP contribution in [0.3, 0.4) is 0 Å². The Balaban J connectivity index is 1.97. The van der Waals surface area contributed by atoms with Gasteiger partial charge in [0.25, 0.3) is 0 Å². The van der Waals surface area contributed by atoms with Gasteiger partial charge in [-0.3, -0.25) is 0 Å². The molecule has 1 aromatic heterocycles. The first-order valence-corrected chi connectivity index (χ1v) is 6.31. The summed E-state index contributed by atoms with van der Waals surface area (Å²) in [5.41, 5.74) is 2.59. The maximum Gasteiger partial charge on any atom is 0.337 e. The molecule has 1 aliphatic heterocycles. The van der Waals surface area contributed by atoms with E-state index in [-0.39, 0.29) is 12.1 Å². The lowest BCUT2D eigenvalue weighted by Gasteiger charge is -2.23. The van der Waals surface area contributed by atoms with Crippen LogP contribution < -0.4 is 5.32 Å². The minimum Gasteiger partial charge on any atom is -0.465 e. The average molecular weight is 260 g/mol. The highest BCUT2D eigenvalue weighted by Crippen LogP contribution is 2.28. The van der Waals surface area contributed by atoms with Gasteiger partial charge in [-0.05, 0) is 12.1 Å². The number of aromatic amines is 1. The second kappa shape index (κ2) is 5.03. The molecule has 2 N–H and O–H groups in total. The summed E-state index contributed by atoms with van der Waals surface area (Å²) in [5, 5.41) is 4.40. The molecule has 1 aliphatic rings. The van der Waals surface area contributed by atoms with Crippen molar-refractivity contribution in [2.24, 2.45) is 0 Å². The zero-order valence-electron chi connectivity index (χ0n) is 10.7. The van der Waals surface area contributed by atoms with E-state index in [2.05, 4.69) is 10.3 Å². The van der Waals surface area contributed by atoms with Gasteiger partial charge in [0.1, 0.15) is 0 Å². The number of hydrogen-bond acceptors (Lipinski definition) is 4. The Morgan fingerprint density at radius 1 is 1.47 bits per heavy atom. The summed E-state index contributed by atoms with van der Waals surface area (Å²) in [5.74, 6) is -0.325. The molecule has 1 aromatic carbocycles. The number of ether oxygens (including phenoxy) is 2. The third-order valence-electron chi connectivity index (χ3n) is 3.41. The zero-order chi connectivity index (χ0) is 13.2.